The highest BCUT2D eigenvalue weighted by Crippen LogP contribution is 2.27. The summed E-state index contributed by atoms with van der Waals surface area (Å²) in [6.45, 7) is 3.23. The molecule has 2 amide bonds. The standard InChI is InChI=1S/C14H19FN2O2S/c1-10(13-11(15)4-3-5-12(13)19-2)16-14(18)17-6-8-20-9-7-17/h3-5,10H,6-9H2,1-2H3,(H,16,18). The molecule has 1 heterocycles. The molecule has 1 unspecified atom stereocenters. The molecule has 2 rings (SSSR count). The summed E-state index contributed by atoms with van der Waals surface area (Å²) < 4.78 is 19.1. The van der Waals surface area contributed by atoms with E-state index in [0.717, 1.165) is 24.6 Å². The van der Waals surface area contributed by atoms with E-state index < -0.39 is 6.04 Å². The highest BCUT2D eigenvalue weighted by atomic mass is 32.2. The largest absolute Gasteiger partial charge is 0.496 e. The Hall–Kier alpha value is -1.43. The molecular formula is C14H19FN2O2S. The van der Waals surface area contributed by atoms with Crippen molar-refractivity contribution in [2.24, 2.45) is 0 Å². The number of nitrogens with one attached hydrogen (secondary N) is 1. The van der Waals surface area contributed by atoms with E-state index in [4.69, 9.17) is 4.74 Å². The zero-order chi connectivity index (χ0) is 14.5. The first-order chi connectivity index (χ1) is 9.63. The molecule has 1 saturated heterocycles. The molecule has 110 valence electrons. The van der Waals surface area contributed by atoms with Crippen LogP contribution in [-0.4, -0.2) is 42.6 Å². The van der Waals surface area contributed by atoms with Gasteiger partial charge in [-0.05, 0) is 19.1 Å². The number of thioether (sulfide) groups is 1. The van der Waals surface area contributed by atoms with E-state index in [9.17, 15) is 9.18 Å². The Balaban J connectivity index is 2.07. The second kappa shape index (κ2) is 6.83. The molecule has 0 radical (unpaired) electrons. The smallest absolute Gasteiger partial charge is 0.317 e. The van der Waals surface area contributed by atoms with Crippen molar-refractivity contribution in [3.8, 4) is 5.75 Å². The lowest BCUT2D eigenvalue weighted by atomic mass is 10.1. The summed E-state index contributed by atoms with van der Waals surface area (Å²) in [5.41, 5.74) is 0.384. The van der Waals surface area contributed by atoms with E-state index in [0.29, 0.717) is 11.3 Å². The van der Waals surface area contributed by atoms with Crippen LogP contribution in [0.2, 0.25) is 0 Å². The van der Waals surface area contributed by atoms with Gasteiger partial charge in [-0.1, -0.05) is 6.07 Å². The zero-order valence-corrected chi connectivity index (χ0v) is 12.5. The average Bonchev–Trinajstić information content (AvgIpc) is 2.47. The Morgan fingerprint density at radius 3 is 2.80 bits per heavy atom. The van der Waals surface area contributed by atoms with E-state index in [1.54, 1.807) is 24.0 Å². The minimum atomic E-state index is -0.437. The van der Waals surface area contributed by atoms with Crippen molar-refractivity contribution in [1.82, 2.24) is 10.2 Å². The highest BCUT2D eigenvalue weighted by Gasteiger charge is 2.22. The van der Waals surface area contributed by atoms with Crippen LogP contribution in [0.5, 0.6) is 5.75 Å². The van der Waals surface area contributed by atoms with Gasteiger partial charge in [-0.25, -0.2) is 9.18 Å². The van der Waals surface area contributed by atoms with Gasteiger partial charge in [0.2, 0.25) is 0 Å². The number of hydrogen-bond donors (Lipinski definition) is 1. The van der Waals surface area contributed by atoms with Crippen LogP contribution in [0.15, 0.2) is 18.2 Å². The molecule has 1 aliphatic heterocycles. The number of nitrogens with zero attached hydrogens (tertiary/aromatic N) is 1. The van der Waals surface area contributed by atoms with E-state index in [2.05, 4.69) is 5.32 Å². The first-order valence-electron chi connectivity index (χ1n) is 6.59. The molecule has 1 aromatic rings. The predicted octanol–water partition coefficient (Wildman–Crippen LogP) is 2.65. The molecule has 0 bridgehead atoms. The summed E-state index contributed by atoms with van der Waals surface area (Å²) in [4.78, 5) is 13.9. The van der Waals surface area contributed by atoms with Crippen LogP contribution in [0.3, 0.4) is 0 Å². The minimum absolute atomic E-state index is 0.150. The molecule has 1 fully saturated rings. The van der Waals surface area contributed by atoms with E-state index in [1.807, 2.05) is 11.8 Å². The first-order valence-corrected chi connectivity index (χ1v) is 7.74. The van der Waals surface area contributed by atoms with E-state index >= 15 is 0 Å². The highest BCUT2D eigenvalue weighted by molar-refractivity contribution is 7.99. The predicted molar refractivity (Wildman–Crippen MR) is 78.8 cm³/mol. The summed E-state index contributed by atoms with van der Waals surface area (Å²) in [5.74, 6) is 1.98. The lowest BCUT2D eigenvalue weighted by Crippen LogP contribution is -2.45. The topological polar surface area (TPSA) is 41.6 Å². The Bertz CT molecular complexity index is 478. The Kier molecular flexibility index (Phi) is 5.11. The van der Waals surface area contributed by atoms with Crippen molar-refractivity contribution >= 4 is 17.8 Å². The minimum Gasteiger partial charge on any atom is -0.496 e. The van der Waals surface area contributed by atoms with E-state index in [-0.39, 0.29) is 11.8 Å². The number of carbonyl (C=O) groups is 1. The third-order valence-corrected chi connectivity index (χ3v) is 4.25. The van der Waals surface area contributed by atoms with Gasteiger partial charge in [0, 0.05) is 24.6 Å². The van der Waals surface area contributed by atoms with Crippen LogP contribution < -0.4 is 10.1 Å². The van der Waals surface area contributed by atoms with Crippen LogP contribution in [-0.2, 0) is 0 Å². The number of halogens is 1. The van der Waals surface area contributed by atoms with Crippen LogP contribution in [0.1, 0.15) is 18.5 Å². The van der Waals surface area contributed by atoms with Gasteiger partial charge in [-0.3, -0.25) is 0 Å². The Morgan fingerprint density at radius 1 is 1.45 bits per heavy atom. The van der Waals surface area contributed by atoms with Gasteiger partial charge in [-0.2, -0.15) is 11.8 Å². The van der Waals surface area contributed by atoms with Crippen molar-refractivity contribution < 1.29 is 13.9 Å². The van der Waals surface area contributed by atoms with Gasteiger partial charge in [0.25, 0.3) is 0 Å². The van der Waals surface area contributed by atoms with Crippen LogP contribution in [0, 0.1) is 5.82 Å². The van der Waals surface area contributed by atoms with E-state index in [1.165, 1.54) is 13.2 Å². The summed E-state index contributed by atoms with van der Waals surface area (Å²) in [6.07, 6.45) is 0. The number of carbonyl (C=O) groups excluding carboxylic acids is 1. The molecule has 0 aromatic heterocycles. The van der Waals surface area contributed by atoms with Gasteiger partial charge in [-0.15, -0.1) is 0 Å². The van der Waals surface area contributed by atoms with Crippen molar-refractivity contribution in [3.63, 3.8) is 0 Å². The first kappa shape index (κ1) is 15.0. The molecule has 1 aliphatic rings. The fraction of sp³-hybridized carbons (Fsp3) is 0.500. The SMILES string of the molecule is COc1cccc(F)c1C(C)NC(=O)N1CCSCC1. The third kappa shape index (κ3) is 3.36. The van der Waals surface area contributed by atoms with Crippen LogP contribution in [0.25, 0.3) is 0 Å². The fourth-order valence-electron chi connectivity index (χ4n) is 2.23. The molecule has 20 heavy (non-hydrogen) atoms. The number of ether oxygens (including phenoxy) is 1. The molecule has 4 nitrogen and oxygen atoms in total. The number of amides is 2. The van der Waals surface area contributed by atoms with Gasteiger partial charge < -0.3 is 15.0 Å². The van der Waals surface area contributed by atoms with Crippen LogP contribution >= 0.6 is 11.8 Å². The normalized spacial score (nSPS) is 16.6. The summed E-state index contributed by atoms with van der Waals surface area (Å²) in [7, 11) is 1.49. The number of urea groups is 1. The molecule has 6 heteroatoms. The quantitative estimate of drug-likeness (QED) is 0.933. The molecule has 1 atom stereocenters. The van der Waals surface area contributed by atoms with Crippen molar-refractivity contribution in [1.29, 1.82) is 0 Å². The second-order valence-electron chi connectivity index (χ2n) is 4.63. The third-order valence-electron chi connectivity index (χ3n) is 3.30. The average molecular weight is 298 g/mol. The van der Waals surface area contributed by atoms with Crippen molar-refractivity contribution in [3.05, 3.63) is 29.6 Å². The van der Waals surface area contributed by atoms with Gasteiger partial charge in [0.1, 0.15) is 11.6 Å². The van der Waals surface area contributed by atoms with Gasteiger partial charge in [0.15, 0.2) is 0 Å². The maximum atomic E-state index is 13.9. The monoisotopic (exact) mass is 298 g/mol. The maximum absolute atomic E-state index is 13.9. The summed E-state index contributed by atoms with van der Waals surface area (Å²) >= 11 is 1.84. The lowest BCUT2D eigenvalue weighted by molar-refractivity contribution is 0.199. The number of rotatable bonds is 3. The zero-order valence-electron chi connectivity index (χ0n) is 11.7. The van der Waals surface area contributed by atoms with Crippen molar-refractivity contribution in [2.75, 3.05) is 31.7 Å². The molecular weight excluding hydrogens is 279 g/mol. The van der Waals surface area contributed by atoms with Crippen molar-refractivity contribution in [2.45, 2.75) is 13.0 Å². The number of hydrogen-bond acceptors (Lipinski definition) is 3. The second-order valence-corrected chi connectivity index (χ2v) is 5.85. The number of benzene rings is 1. The molecule has 1 N–H and O–H groups in total. The number of methoxy groups -OCH3 is 1. The molecule has 0 aliphatic carbocycles. The molecule has 0 saturated carbocycles. The van der Waals surface area contributed by atoms with Crippen LogP contribution in [0.4, 0.5) is 9.18 Å². The summed E-state index contributed by atoms with van der Waals surface area (Å²) in [6, 6.07) is 4.07. The lowest BCUT2D eigenvalue weighted by Gasteiger charge is -2.28. The summed E-state index contributed by atoms with van der Waals surface area (Å²) in [5, 5.41) is 2.84. The molecule has 0 spiro atoms. The van der Waals surface area contributed by atoms with Gasteiger partial charge >= 0.3 is 6.03 Å². The Morgan fingerprint density at radius 2 is 2.15 bits per heavy atom. The molecule has 1 aromatic carbocycles. The maximum Gasteiger partial charge on any atom is 0.317 e. The van der Waals surface area contributed by atoms with Gasteiger partial charge in [0.05, 0.1) is 18.7 Å². The fourth-order valence-corrected chi connectivity index (χ4v) is 3.13. The Labute approximate surface area is 122 Å².